The standard InChI is InChI=1S/C19H26N2O2/c1-13-7-4-5-9-18(13)20-19(22)17-11-14(2)21(15(17)3)12-16-8-6-10-23-16/h6,8,10-11,13,18H,4-5,7,9,12H2,1-3H3,(H,20,22)/t13-,18-/m1/s1. The molecular weight excluding hydrogens is 288 g/mol. The molecule has 0 aliphatic heterocycles. The third-order valence-corrected chi connectivity index (χ3v) is 5.14. The van der Waals surface area contributed by atoms with E-state index in [0.717, 1.165) is 29.1 Å². The van der Waals surface area contributed by atoms with E-state index >= 15 is 0 Å². The second kappa shape index (κ2) is 6.65. The summed E-state index contributed by atoms with van der Waals surface area (Å²) in [6.07, 6.45) is 6.49. The molecule has 0 radical (unpaired) electrons. The molecule has 2 atom stereocenters. The molecule has 1 fully saturated rings. The van der Waals surface area contributed by atoms with Crippen molar-refractivity contribution in [1.82, 2.24) is 9.88 Å². The molecule has 0 aromatic carbocycles. The molecule has 1 saturated carbocycles. The fraction of sp³-hybridized carbons (Fsp3) is 0.526. The van der Waals surface area contributed by atoms with Crippen molar-refractivity contribution in [1.29, 1.82) is 0 Å². The first-order chi connectivity index (χ1) is 11.1. The molecule has 4 heteroatoms. The lowest BCUT2D eigenvalue weighted by Crippen LogP contribution is -2.41. The molecule has 2 heterocycles. The summed E-state index contributed by atoms with van der Waals surface area (Å²) in [6.45, 7) is 6.95. The monoisotopic (exact) mass is 314 g/mol. The van der Waals surface area contributed by atoms with Gasteiger partial charge in [0, 0.05) is 17.4 Å². The van der Waals surface area contributed by atoms with Gasteiger partial charge in [-0.15, -0.1) is 0 Å². The zero-order chi connectivity index (χ0) is 16.4. The van der Waals surface area contributed by atoms with E-state index in [-0.39, 0.29) is 5.91 Å². The molecule has 0 spiro atoms. The molecule has 23 heavy (non-hydrogen) atoms. The van der Waals surface area contributed by atoms with Crippen LogP contribution in [0.4, 0.5) is 0 Å². The van der Waals surface area contributed by atoms with Crippen molar-refractivity contribution in [3.8, 4) is 0 Å². The summed E-state index contributed by atoms with van der Waals surface area (Å²) in [6, 6.07) is 6.15. The van der Waals surface area contributed by atoms with Crippen LogP contribution in [-0.4, -0.2) is 16.5 Å². The number of aryl methyl sites for hydroxylation is 1. The van der Waals surface area contributed by atoms with E-state index in [4.69, 9.17) is 4.42 Å². The lowest BCUT2D eigenvalue weighted by atomic mass is 9.86. The lowest BCUT2D eigenvalue weighted by molar-refractivity contribution is 0.0909. The number of furan rings is 1. The van der Waals surface area contributed by atoms with E-state index in [2.05, 4.69) is 16.8 Å². The summed E-state index contributed by atoms with van der Waals surface area (Å²) in [4.78, 5) is 12.7. The molecule has 0 saturated heterocycles. The summed E-state index contributed by atoms with van der Waals surface area (Å²) >= 11 is 0. The Balaban J connectivity index is 1.76. The van der Waals surface area contributed by atoms with Crippen molar-refractivity contribution in [3.05, 3.63) is 47.2 Å². The molecule has 124 valence electrons. The first kappa shape index (κ1) is 15.9. The van der Waals surface area contributed by atoms with Crippen molar-refractivity contribution in [2.45, 2.75) is 59.0 Å². The topological polar surface area (TPSA) is 47.2 Å². The van der Waals surface area contributed by atoms with Crippen LogP contribution in [0.2, 0.25) is 0 Å². The number of nitrogens with zero attached hydrogens (tertiary/aromatic N) is 1. The number of rotatable bonds is 4. The quantitative estimate of drug-likeness (QED) is 0.925. The number of carbonyl (C=O) groups is 1. The molecule has 2 aromatic rings. The summed E-state index contributed by atoms with van der Waals surface area (Å²) in [7, 11) is 0. The summed E-state index contributed by atoms with van der Waals surface area (Å²) in [5, 5.41) is 3.25. The summed E-state index contributed by atoms with van der Waals surface area (Å²) in [5.74, 6) is 1.53. The van der Waals surface area contributed by atoms with Crippen LogP contribution in [-0.2, 0) is 6.54 Å². The second-order valence-corrected chi connectivity index (χ2v) is 6.79. The number of carbonyl (C=O) groups excluding carboxylic acids is 1. The van der Waals surface area contributed by atoms with E-state index in [0.29, 0.717) is 18.5 Å². The van der Waals surface area contributed by atoms with Gasteiger partial charge in [0.15, 0.2) is 0 Å². The molecule has 4 nitrogen and oxygen atoms in total. The first-order valence-corrected chi connectivity index (χ1v) is 8.56. The van der Waals surface area contributed by atoms with E-state index in [1.54, 1.807) is 6.26 Å². The molecule has 2 aromatic heterocycles. The van der Waals surface area contributed by atoms with Crippen LogP contribution in [0, 0.1) is 19.8 Å². The fourth-order valence-electron chi connectivity index (χ4n) is 3.61. The minimum Gasteiger partial charge on any atom is -0.467 e. The Morgan fingerprint density at radius 3 is 2.83 bits per heavy atom. The number of hydrogen-bond donors (Lipinski definition) is 1. The number of nitrogens with one attached hydrogen (secondary N) is 1. The Bertz CT molecular complexity index is 670. The molecule has 1 aliphatic rings. The third-order valence-electron chi connectivity index (χ3n) is 5.14. The van der Waals surface area contributed by atoms with Gasteiger partial charge in [-0.1, -0.05) is 19.8 Å². The van der Waals surface area contributed by atoms with Crippen LogP contribution in [0.1, 0.15) is 60.1 Å². The largest absolute Gasteiger partial charge is 0.467 e. The average molecular weight is 314 g/mol. The van der Waals surface area contributed by atoms with Gasteiger partial charge in [0.1, 0.15) is 5.76 Å². The highest BCUT2D eigenvalue weighted by molar-refractivity contribution is 5.95. The average Bonchev–Trinajstić information content (AvgIpc) is 3.13. The first-order valence-electron chi connectivity index (χ1n) is 8.56. The highest BCUT2D eigenvalue weighted by atomic mass is 16.3. The van der Waals surface area contributed by atoms with E-state index in [9.17, 15) is 4.79 Å². The lowest BCUT2D eigenvalue weighted by Gasteiger charge is -2.29. The van der Waals surface area contributed by atoms with Gasteiger partial charge in [0.05, 0.1) is 18.4 Å². The van der Waals surface area contributed by atoms with Crippen LogP contribution in [0.5, 0.6) is 0 Å². The number of amides is 1. The maximum absolute atomic E-state index is 12.7. The Labute approximate surface area is 137 Å². The van der Waals surface area contributed by atoms with Gasteiger partial charge < -0.3 is 14.3 Å². The van der Waals surface area contributed by atoms with E-state index in [1.807, 2.05) is 32.0 Å². The zero-order valence-corrected chi connectivity index (χ0v) is 14.3. The Kier molecular flexibility index (Phi) is 4.60. The van der Waals surface area contributed by atoms with E-state index in [1.165, 1.54) is 19.3 Å². The van der Waals surface area contributed by atoms with Crippen molar-refractivity contribution in [2.75, 3.05) is 0 Å². The van der Waals surface area contributed by atoms with Crippen LogP contribution in [0.25, 0.3) is 0 Å². The second-order valence-electron chi connectivity index (χ2n) is 6.79. The summed E-state index contributed by atoms with van der Waals surface area (Å²) < 4.78 is 7.57. The van der Waals surface area contributed by atoms with E-state index < -0.39 is 0 Å². The van der Waals surface area contributed by atoms with Crippen molar-refractivity contribution in [3.63, 3.8) is 0 Å². The smallest absolute Gasteiger partial charge is 0.253 e. The predicted molar refractivity (Wildman–Crippen MR) is 90.6 cm³/mol. The minimum atomic E-state index is 0.0579. The highest BCUT2D eigenvalue weighted by Gasteiger charge is 2.25. The van der Waals surface area contributed by atoms with Gasteiger partial charge in [-0.3, -0.25) is 4.79 Å². The zero-order valence-electron chi connectivity index (χ0n) is 14.3. The van der Waals surface area contributed by atoms with Gasteiger partial charge in [0.25, 0.3) is 5.91 Å². The normalized spacial score (nSPS) is 21.3. The van der Waals surface area contributed by atoms with Crippen LogP contribution >= 0.6 is 0 Å². The maximum Gasteiger partial charge on any atom is 0.253 e. The Morgan fingerprint density at radius 1 is 1.35 bits per heavy atom. The van der Waals surface area contributed by atoms with Gasteiger partial charge in [-0.2, -0.15) is 0 Å². The highest BCUT2D eigenvalue weighted by Crippen LogP contribution is 2.25. The van der Waals surface area contributed by atoms with Crippen molar-refractivity contribution in [2.24, 2.45) is 5.92 Å². The van der Waals surface area contributed by atoms with Crippen LogP contribution in [0.15, 0.2) is 28.9 Å². The molecular formula is C19H26N2O2. The molecule has 3 rings (SSSR count). The molecule has 1 aliphatic carbocycles. The molecule has 0 bridgehead atoms. The third kappa shape index (κ3) is 3.36. The Hall–Kier alpha value is -1.97. The van der Waals surface area contributed by atoms with Gasteiger partial charge in [-0.05, 0) is 50.8 Å². The molecule has 0 unspecified atom stereocenters. The van der Waals surface area contributed by atoms with Gasteiger partial charge in [-0.25, -0.2) is 0 Å². The van der Waals surface area contributed by atoms with Crippen molar-refractivity contribution >= 4 is 5.91 Å². The Morgan fingerprint density at radius 2 is 2.13 bits per heavy atom. The number of hydrogen-bond acceptors (Lipinski definition) is 2. The van der Waals surface area contributed by atoms with Crippen LogP contribution in [0.3, 0.4) is 0 Å². The maximum atomic E-state index is 12.7. The minimum absolute atomic E-state index is 0.0579. The molecule has 1 N–H and O–H groups in total. The van der Waals surface area contributed by atoms with Crippen LogP contribution < -0.4 is 5.32 Å². The number of aromatic nitrogens is 1. The predicted octanol–water partition coefficient (Wildman–Crippen LogP) is 4.05. The molecule has 1 amide bonds. The SMILES string of the molecule is Cc1cc(C(=O)N[C@@H]2CCCC[C@H]2C)c(C)n1Cc1ccco1. The van der Waals surface area contributed by atoms with Gasteiger partial charge >= 0.3 is 0 Å². The summed E-state index contributed by atoms with van der Waals surface area (Å²) in [5.41, 5.74) is 2.87. The van der Waals surface area contributed by atoms with Crippen molar-refractivity contribution < 1.29 is 9.21 Å². The van der Waals surface area contributed by atoms with Gasteiger partial charge in [0.2, 0.25) is 0 Å². The fourth-order valence-corrected chi connectivity index (χ4v) is 3.61.